The van der Waals surface area contributed by atoms with E-state index in [9.17, 15) is 14.0 Å². The topological polar surface area (TPSA) is 56.8 Å². The maximum absolute atomic E-state index is 13.6. The molecule has 0 saturated carbocycles. The van der Waals surface area contributed by atoms with Gasteiger partial charge in [-0.2, -0.15) is 0 Å². The molecule has 3 aromatic rings. The van der Waals surface area contributed by atoms with Crippen LogP contribution in [0.25, 0.3) is 10.2 Å². The van der Waals surface area contributed by atoms with E-state index >= 15 is 0 Å². The lowest BCUT2D eigenvalue weighted by molar-refractivity contribution is -0.124. The molecule has 0 radical (unpaired) electrons. The van der Waals surface area contributed by atoms with Crippen molar-refractivity contribution in [1.29, 1.82) is 0 Å². The van der Waals surface area contributed by atoms with E-state index in [2.05, 4.69) is 4.98 Å². The molecule has 1 aromatic heterocycles. The molecule has 0 spiro atoms. The summed E-state index contributed by atoms with van der Waals surface area (Å²) in [5.41, 5.74) is 1.46. The summed E-state index contributed by atoms with van der Waals surface area (Å²) in [5, 5.41) is 0.535. The number of benzene rings is 2. The summed E-state index contributed by atoms with van der Waals surface area (Å²) in [6.07, 6.45) is 0.172. The Morgan fingerprint density at radius 2 is 1.97 bits per heavy atom. The fourth-order valence-electron chi connectivity index (χ4n) is 3.55. The van der Waals surface area contributed by atoms with Gasteiger partial charge in [0.2, 0.25) is 11.8 Å². The van der Waals surface area contributed by atoms with Crippen LogP contribution in [-0.2, 0) is 9.59 Å². The number of aromatic nitrogens is 1. The average molecular weight is 427 g/mol. The molecule has 2 aromatic carbocycles. The Morgan fingerprint density at radius 1 is 1.20 bits per heavy atom. The van der Waals surface area contributed by atoms with Crippen molar-refractivity contribution in [2.75, 3.05) is 43.5 Å². The number of anilines is 2. The summed E-state index contributed by atoms with van der Waals surface area (Å²) in [6, 6.07) is 13.8. The number of likely N-dealkylation sites (N-methyl/N-ethyl adjacent to an activating group) is 1. The van der Waals surface area contributed by atoms with Crippen LogP contribution in [0.3, 0.4) is 0 Å². The summed E-state index contributed by atoms with van der Waals surface area (Å²) in [4.78, 5) is 35.9. The number of carbonyl (C=O) groups is 2. The summed E-state index contributed by atoms with van der Waals surface area (Å²) in [7, 11) is 3.87. The standard InChI is InChI=1S/C22H23FN4O2S/c1-25(2)10-11-26(22-24-18-9-8-16(23)13-19(18)30-22)21(29)15-12-20(28)27(14-15)17-6-4-3-5-7-17/h3-9,13,15H,10-12,14H2,1-2H3. The van der Waals surface area contributed by atoms with E-state index in [0.717, 1.165) is 5.69 Å². The zero-order valence-electron chi connectivity index (χ0n) is 16.9. The highest BCUT2D eigenvalue weighted by Crippen LogP contribution is 2.32. The number of amides is 2. The fourth-order valence-corrected chi connectivity index (χ4v) is 4.57. The Hall–Kier alpha value is -2.84. The third kappa shape index (κ3) is 4.20. The van der Waals surface area contributed by atoms with Crippen LogP contribution >= 0.6 is 11.3 Å². The number of nitrogens with zero attached hydrogens (tertiary/aromatic N) is 4. The van der Waals surface area contributed by atoms with Crippen molar-refractivity contribution < 1.29 is 14.0 Å². The van der Waals surface area contributed by atoms with Crippen molar-refractivity contribution >= 4 is 44.2 Å². The monoisotopic (exact) mass is 426 g/mol. The van der Waals surface area contributed by atoms with E-state index in [-0.39, 0.29) is 24.1 Å². The number of halogens is 1. The Morgan fingerprint density at radius 3 is 2.70 bits per heavy atom. The van der Waals surface area contributed by atoms with E-state index in [0.29, 0.717) is 35.0 Å². The second kappa shape index (κ2) is 8.49. The molecular formula is C22H23FN4O2S. The predicted octanol–water partition coefficient (Wildman–Crippen LogP) is 3.38. The number of rotatable bonds is 6. The van der Waals surface area contributed by atoms with Gasteiger partial charge in [0.25, 0.3) is 0 Å². The minimum absolute atomic E-state index is 0.0570. The lowest BCUT2D eigenvalue weighted by Crippen LogP contribution is -2.41. The van der Waals surface area contributed by atoms with Gasteiger partial charge in [-0.15, -0.1) is 0 Å². The molecule has 0 bridgehead atoms. The highest BCUT2D eigenvalue weighted by Gasteiger charge is 2.38. The van der Waals surface area contributed by atoms with E-state index in [1.807, 2.05) is 49.3 Å². The van der Waals surface area contributed by atoms with Crippen LogP contribution in [0.2, 0.25) is 0 Å². The van der Waals surface area contributed by atoms with Crippen molar-refractivity contribution in [3.8, 4) is 0 Å². The molecule has 4 rings (SSSR count). The third-order valence-electron chi connectivity index (χ3n) is 5.15. The van der Waals surface area contributed by atoms with Gasteiger partial charge >= 0.3 is 0 Å². The Bertz CT molecular complexity index is 1070. The molecule has 1 fully saturated rings. The van der Waals surface area contributed by atoms with Crippen molar-refractivity contribution in [2.24, 2.45) is 5.92 Å². The zero-order chi connectivity index (χ0) is 21.3. The van der Waals surface area contributed by atoms with Gasteiger partial charge in [-0.3, -0.25) is 14.5 Å². The largest absolute Gasteiger partial charge is 0.312 e. The molecule has 1 aliphatic heterocycles. The number of para-hydroxylation sites is 1. The molecule has 1 atom stereocenters. The van der Waals surface area contributed by atoms with Crippen LogP contribution < -0.4 is 9.80 Å². The minimum atomic E-state index is -0.441. The highest BCUT2D eigenvalue weighted by molar-refractivity contribution is 7.22. The van der Waals surface area contributed by atoms with E-state index in [4.69, 9.17) is 0 Å². The quantitative estimate of drug-likeness (QED) is 0.606. The molecule has 8 heteroatoms. The van der Waals surface area contributed by atoms with Crippen LogP contribution in [0, 0.1) is 11.7 Å². The summed E-state index contributed by atoms with van der Waals surface area (Å²) >= 11 is 1.29. The minimum Gasteiger partial charge on any atom is -0.312 e. The zero-order valence-corrected chi connectivity index (χ0v) is 17.7. The number of fused-ring (bicyclic) bond motifs is 1. The smallest absolute Gasteiger partial charge is 0.234 e. The second-order valence-corrected chi connectivity index (χ2v) is 8.65. The molecule has 156 valence electrons. The van der Waals surface area contributed by atoms with Crippen molar-refractivity contribution in [2.45, 2.75) is 6.42 Å². The Labute approximate surface area is 178 Å². The molecule has 1 saturated heterocycles. The van der Waals surface area contributed by atoms with Gasteiger partial charge in [-0.1, -0.05) is 29.5 Å². The Kier molecular flexibility index (Phi) is 5.78. The molecule has 1 aliphatic rings. The molecular weight excluding hydrogens is 403 g/mol. The third-order valence-corrected chi connectivity index (χ3v) is 6.19. The van der Waals surface area contributed by atoms with Crippen LogP contribution in [0.4, 0.5) is 15.2 Å². The van der Waals surface area contributed by atoms with Gasteiger partial charge in [0.15, 0.2) is 5.13 Å². The maximum Gasteiger partial charge on any atom is 0.234 e. The van der Waals surface area contributed by atoms with Crippen LogP contribution in [0.15, 0.2) is 48.5 Å². The Balaban J connectivity index is 1.60. The number of thiazole rings is 1. The second-order valence-electron chi connectivity index (χ2n) is 7.64. The van der Waals surface area contributed by atoms with Gasteiger partial charge in [0.05, 0.1) is 16.1 Å². The first-order valence-electron chi connectivity index (χ1n) is 9.80. The molecule has 0 N–H and O–H groups in total. The van der Waals surface area contributed by atoms with E-state index in [1.165, 1.54) is 23.5 Å². The van der Waals surface area contributed by atoms with Crippen LogP contribution in [0.5, 0.6) is 0 Å². The number of hydrogen-bond acceptors (Lipinski definition) is 5. The molecule has 2 amide bonds. The lowest BCUT2D eigenvalue weighted by atomic mass is 10.1. The van der Waals surface area contributed by atoms with E-state index in [1.54, 1.807) is 15.9 Å². The molecule has 30 heavy (non-hydrogen) atoms. The SMILES string of the molecule is CN(C)CCN(C(=O)C1CC(=O)N(c2ccccc2)C1)c1nc2ccc(F)cc2s1. The first kappa shape index (κ1) is 20.4. The van der Waals surface area contributed by atoms with Gasteiger partial charge in [-0.05, 0) is 44.4 Å². The van der Waals surface area contributed by atoms with E-state index < -0.39 is 5.92 Å². The van der Waals surface area contributed by atoms with Gasteiger partial charge in [0, 0.05) is 31.7 Å². The van der Waals surface area contributed by atoms with Crippen molar-refractivity contribution in [3.05, 3.63) is 54.3 Å². The molecule has 0 aliphatic carbocycles. The van der Waals surface area contributed by atoms with Crippen molar-refractivity contribution in [3.63, 3.8) is 0 Å². The summed E-state index contributed by atoms with van der Waals surface area (Å²) < 4.78 is 14.3. The number of carbonyl (C=O) groups excluding carboxylic acids is 2. The molecule has 2 heterocycles. The maximum atomic E-state index is 13.6. The summed E-state index contributed by atoms with van der Waals surface area (Å²) in [6.45, 7) is 1.45. The lowest BCUT2D eigenvalue weighted by Gasteiger charge is -2.24. The van der Waals surface area contributed by atoms with Crippen LogP contribution in [-0.4, -0.2) is 55.4 Å². The number of hydrogen-bond donors (Lipinski definition) is 0. The first-order chi connectivity index (χ1) is 14.4. The van der Waals surface area contributed by atoms with Crippen LogP contribution in [0.1, 0.15) is 6.42 Å². The van der Waals surface area contributed by atoms with Gasteiger partial charge in [0.1, 0.15) is 5.82 Å². The molecule has 6 nitrogen and oxygen atoms in total. The van der Waals surface area contributed by atoms with Gasteiger partial charge in [-0.25, -0.2) is 9.37 Å². The summed E-state index contributed by atoms with van der Waals surface area (Å²) in [5.74, 6) is -0.950. The fraction of sp³-hybridized carbons (Fsp3) is 0.318. The van der Waals surface area contributed by atoms with Crippen molar-refractivity contribution in [1.82, 2.24) is 9.88 Å². The highest BCUT2D eigenvalue weighted by atomic mass is 32.1. The first-order valence-corrected chi connectivity index (χ1v) is 10.6. The predicted molar refractivity (Wildman–Crippen MR) is 117 cm³/mol. The molecule has 1 unspecified atom stereocenters. The van der Waals surface area contributed by atoms with Gasteiger partial charge < -0.3 is 9.80 Å². The normalized spacial score (nSPS) is 16.6. The average Bonchev–Trinajstić information content (AvgIpc) is 3.31.